The third-order valence-corrected chi connectivity index (χ3v) is 2.86. The van der Waals surface area contributed by atoms with Crippen LogP contribution >= 0.6 is 22.9 Å². The third kappa shape index (κ3) is 2.91. The van der Waals surface area contributed by atoms with Crippen molar-refractivity contribution < 1.29 is 4.74 Å². The Morgan fingerprint density at radius 1 is 1.33 bits per heavy atom. The number of halogens is 1. The molecule has 0 bridgehead atoms. The van der Waals surface area contributed by atoms with Gasteiger partial charge in [0.15, 0.2) is 0 Å². The van der Waals surface area contributed by atoms with E-state index >= 15 is 0 Å². The predicted molar refractivity (Wildman–Crippen MR) is 60.4 cm³/mol. The minimum absolute atomic E-state index is 0.469. The molecule has 5 heteroatoms. The normalized spacial score (nSPS) is 10.3. The van der Waals surface area contributed by atoms with Gasteiger partial charge in [-0.25, -0.2) is 9.97 Å². The van der Waals surface area contributed by atoms with Gasteiger partial charge in [-0.2, -0.15) is 0 Å². The van der Waals surface area contributed by atoms with Crippen molar-refractivity contribution in [2.75, 3.05) is 0 Å². The Kier molecular flexibility index (Phi) is 3.18. The summed E-state index contributed by atoms with van der Waals surface area (Å²) in [6.07, 6.45) is 3.43. The molecule has 0 fully saturated rings. The summed E-state index contributed by atoms with van der Waals surface area (Å²) in [4.78, 5) is 9.17. The molecule has 0 saturated carbocycles. The van der Waals surface area contributed by atoms with Crippen LogP contribution in [0.15, 0.2) is 24.5 Å². The lowest BCUT2D eigenvalue weighted by Crippen LogP contribution is -1.93. The number of rotatable bonds is 3. The van der Waals surface area contributed by atoms with Crippen LogP contribution in [0.5, 0.6) is 5.75 Å². The maximum absolute atomic E-state index is 5.66. The van der Waals surface area contributed by atoms with Gasteiger partial charge in [-0.3, -0.25) is 0 Å². The summed E-state index contributed by atoms with van der Waals surface area (Å²) in [5.41, 5.74) is 0. The van der Waals surface area contributed by atoms with Crippen LogP contribution in [0.25, 0.3) is 0 Å². The second-order valence-corrected chi connectivity index (χ2v) is 4.66. The van der Waals surface area contributed by atoms with Crippen molar-refractivity contribution in [1.82, 2.24) is 9.97 Å². The van der Waals surface area contributed by atoms with E-state index in [2.05, 4.69) is 9.97 Å². The maximum Gasteiger partial charge on any atom is 0.138 e. The summed E-state index contributed by atoms with van der Waals surface area (Å²) >= 11 is 7.29. The average Bonchev–Trinajstić information content (AvgIpc) is 2.64. The first-order valence-corrected chi connectivity index (χ1v) is 5.59. The Hall–Kier alpha value is -1.13. The Labute approximate surface area is 96.7 Å². The molecule has 0 aromatic carbocycles. The SMILES string of the molecule is Cc1ncc(COc2ccc(Cl)nc2)s1. The highest BCUT2D eigenvalue weighted by atomic mass is 35.5. The van der Waals surface area contributed by atoms with Gasteiger partial charge in [0.05, 0.1) is 16.1 Å². The maximum atomic E-state index is 5.66. The molecule has 0 spiro atoms. The van der Waals surface area contributed by atoms with Crippen LogP contribution in [-0.4, -0.2) is 9.97 Å². The van der Waals surface area contributed by atoms with Gasteiger partial charge in [0.2, 0.25) is 0 Å². The highest BCUT2D eigenvalue weighted by Crippen LogP contribution is 2.16. The summed E-state index contributed by atoms with van der Waals surface area (Å²) in [7, 11) is 0. The van der Waals surface area contributed by atoms with Crippen molar-refractivity contribution in [2.24, 2.45) is 0 Å². The molecule has 2 heterocycles. The molecule has 2 aromatic rings. The molecular weight excluding hydrogens is 232 g/mol. The monoisotopic (exact) mass is 240 g/mol. The summed E-state index contributed by atoms with van der Waals surface area (Å²) < 4.78 is 5.51. The molecule has 0 radical (unpaired) electrons. The highest BCUT2D eigenvalue weighted by molar-refractivity contribution is 7.11. The number of ether oxygens (including phenoxy) is 1. The fourth-order valence-electron chi connectivity index (χ4n) is 1.07. The number of aryl methyl sites for hydroxylation is 1. The van der Waals surface area contributed by atoms with Crippen LogP contribution in [0.4, 0.5) is 0 Å². The van der Waals surface area contributed by atoms with Crippen molar-refractivity contribution in [3.63, 3.8) is 0 Å². The van der Waals surface area contributed by atoms with E-state index in [-0.39, 0.29) is 0 Å². The summed E-state index contributed by atoms with van der Waals surface area (Å²) in [6.45, 7) is 2.49. The van der Waals surface area contributed by atoms with E-state index in [0.29, 0.717) is 17.5 Å². The molecule has 0 atom stereocenters. The van der Waals surface area contributed by atoms with Gasteiger partial charge < -0.3 is 4.74 Å². The van der Waals surface area contributed by atoms with Crippen LogP contribution in [0.2, 0.25) is 5.15 Å². The van der Waals surface area contributed by atoms with Gasteiger partial charge >= 0.3 is 0 Å². The molecule has 0 saturated heterocycles. The fourth-order valence-corrected chi connectivity index (χ4v) is 1.89. The number of aromatic nitrogens is 2. The van der Waals surface area contributed by atoms with Crippen LogP contribution in [0.1, 0.15) is 9.88 Å². The molecule has 78 valence electrons. The number of hydrogen-bond donors (Lipinski definition) is 0. The fraction of sp³-hybridized carbons (Fsp3) is 0.200. The van der Waals surface area contributed by atoms with E-state index in [1.165, 1.54) is 0 Å². The first-order chi connectivity index (χ1) is 7.24. The topological polar surface area (TPSA) is 35.0 Å². The molecule has 0 aliphatic heterocycles. The van der Waals surface area contributed by atoms with Crippen LogP contribution in [0, 0.1) is 6.92 Å². The van der Waals surface area contributed by atoms with Gasteiger partial charge in [-0.1, -0.05) is 11.6 Å². The van der Waals surface area contributed by atoms with E-state index < -0.39 is 0 Å². The first kappa shape index (κ1) is 10.4. The minimum Gasteiger partial charge on any atom is -0.486 e. The van der Waals surface area contributed by atoms with Crippen LogP contribution in [-0.2, 0) is 6.61 Å². The molecule has 15 heavy (non-hydrogen) atoms. The van der Waals surface area contributed by atoms with Gasteiger partial charge in [0, 0.05) is 6.20 Å². The lowest BCUT2D eigenvalue weighted by Gasteiger charge is -2.02. The zero-order valence-electron chi connectivity index (χ0n) is 8.11. The summed E-state index contributed by atoms with van der Waals surface area (Å²) in [6, 6.07) is 3.50. The molecule has 3 nitrogen and oxygen atoms in total. The van der Waals surface area contributed by atoms with Crippen molar-refractivity contribution >= 4 is 22.9 Å². The Balaban J connectivity index is 1.96. The number of pyridine rings is 1. The van der Waals surface area contributed by atoms with Gasteiger partial charge in [-0.05, 0) is 19.1 Å². The molecule has 0 N–H and O–H groups in total. The largest absolute Gasteiger partial charge is 0.486 e. The van der Waals surface area contributed by atoms with Gasteiger partial charge in [-0.15, -0.1) is 11.3 Å². The van der Waals surface area contributed by atoms with Crippen LogP contribution in [0.3, 0.4) is 0 Å². The number of nitrogens with zero attached hydrogens (tertiary/aromatic N) is 2. The molecular formula is C10H9ClN2OS. The Bertz CT molecular complexity index is 441. The van der Waals surface area contributed by atoms with E-state index in [1.54, 1.807) is 29.7 Å². The van der Waals surface area contributed by atoms with Gasteiger partial charge in [0.1, 0.15) is 17.5 Å². The smallest absolute Gasteiger partial charge is 0.138 e. The summed E-state index contributed by atoms with van der Waals surface area (Å²) in [5.74, 6) is 0.713. The second kappa shape index (κ2) is 4.59. The molecule has 0 unspecified atom stereocenters. The average molecular weight is 241 g/mol. The van der Waals surface area contributed by atoms with Crippen molar-refractivity contribution in [3.05, 3.63) is 39.6 Å². The number of thiazole rings is 1. The van der Waals surface area contributed by atoms with Crippen molar-refractivity contribution in [2.45, 2.75) is 13.5 Å². The lowest BCUT2D eigenvalue weighted by molar-refractivity contribution is 0.308. The van der Waals surface area contributed by atoms with E-state index in [0.717, 1.165) is 9.88 Å². The quantitative estimate of drug-likeness (QED) is 0.774. The predicted octanol–water partition coefficient (Wildman–Crippen LogP) is 3.08. The second-order valence-electron chi connectivity index (χ2n) is 2.95. The van der Waals surface area contributed by atoms with E-state index in [4.69, 9.17) is 16.3 Å². The van der Waals surface area contributed by atoms with Crippen LogP contribution < -0.4 is 4.74 Å². The van der Waals surface area contributed by atoms with Crippen molar-refractivity contribution in [1.29, 1.82) is 0 Å². The zero-order chi connectivity index (χ0) is 10.7. The first-order valence-electron chi connectivity index (χ1n) is 4.40. The molecule has 2 aromatic heterocycles. The summed E-state index contributed by atoms with van der Waals surface area (Å²) in [5, 5.41) is 1.51. The Morgan fingerprint density at radius 2 is 2.20 bits per heavy atom. The zero-order valence-corrected chi connectivity index (χ0v) is 9.68. The lowest BCUT2D eigenvalue weighted by atomic mass is 10.4. The standard InChI is InChI=1S/C10H9ClN2OS/c1-7-12-5-9(15-7)6-14-8-2-3-10(11)13-4-8/h2-5H,6H2,1H3. The molecule has 2 rings (SSSR count). The van der Waals surface area contributed by atoms with Gasteiger partial charge in [0.25, 0.3) is 0 Å². The highest BCUT2D eigenvalue weighted by Gasteiger charge is 1.99. The van der Waals surface area contributed by atoms with E-state index in [1.807, 2.05) is 13.1 Å². The van der Waals surface area contributed by atoms with E-state index in [9.17, 15) is 0 Å². The number of hydrogen-bond acceptors (Lipinski definition) is 4. The third-order valence-electron chi connectivity index (χ3n) is 1.75. The minimum atomic E-state index is 0.469. The Morgan fingerprint density at radius 3 is 2.80 bits per heavy atom. The molecule has 0 amide bonds. The molecule has 0 aliphatic rings. The molecule has 0 aliphatic carbocycles. The van der Waals surface area contributed by atoms with Crippen molar-refractivity contribution in [3.8, 4) is 5.75 Å².